The lowest BCUT2D eigenvalue weighted by molar-refractivity contribution is -0.137. The Morgan fingerprint density at radius 2 is 2.05 bits per heavy atom. The molecular weight excluding hydrogens is 317 g/mol. The first-order valence-corrected chi connectivity index (χ1v) is 6.94. The van der Waals surface area contributed by atoms with E-state index in [9.17, 15) is 18.0 Å². The Hall–Kier alpha value is -1.27. The summed E-state index contributed by atoms with van der Waals surface area (Å²) >= 11 is 0. The molecule has 1 aliphatic rings. The van der Waals surface area contributed by atoms with Gasteiger partial charge >= 0.3 is 6.18 Å². The number of rotatable bonds is 3. The number of carbonyl (C=O) groups is 1. The third-order valence-corrected chi connectivity index (χ3v) is 3.87. The standard InChI is InChI=1S/C15H19F3N2O.ClH/c1-20(14(21)11-5-6-13(19)8-11)9-10-3-2-4-12(7-10)15(16,17)18;/h2-4,7,11,13H,5-6,8-9,19H2,1H3;1H. The van der Waals surface area contributed by atoms with E-state index in [4.69, 9.17) is 5.73 Å². The van der Waals surface area contributed by atoms with E-state index in [1.165, 1.54) is 11.0 Å². The number of amides is 1. The lowest BCUT2D eigenvalue weighted by Crippen LogP contribution is -2.32. The molecule has 0 spiro atoms. The van der Waals surface area contributed by atoms with Gasteiger partial charge in [-0.3, -0.25) is 4.79 Å². The molecule has 0 bridgehead atoms. The minimum Gasteiger partial charge on any atom is -0.341 e. The van der Waals surface area contributed by atoms with Gasteiger partial charge in [0.15, 0.2) is 0 Å². The van der Waals surface area contributed by atoms with E-state index in [1.54, 1.807) is 13.1 Å². The molecule has 1 aromatic carbocycles. The quantitative estimate of drug-likeness (QED) is 0.921. The van der Waals surface area contributed by atoms with Gasteiger partial charge < -0.3 is 10.6 Å². The molecule has 0 radical (unpaired) electrons. The Labute approximate surface area is 134 Å². The second-order valence-electron chi connectivity index (χ2n) is 5.66. The topological polar surface area (TPSA) is 46.3 Å². The SMILES string of the molecule is CN(Cc1cccc(C(F)(F)F)c1)C(=O)C1CCC(N)C1.Cl. The summed E-state index contributed by atoms with van der Waals surface area (Å²) in [5.41, 5.74) is 5.57. The highest BCUT2D eigenvalue weighted by Gasteiger charge is 2.31. The minimum absolute atomic E-state index is 0. The van der Waals surface area contributed by atoms with Crippen molar-refractivity contribution in [3.8, 4) is 0 Å². The van der Waals surface area contributed by atoms with Gasteiger partial charge in [-0.1, -0.05) is 12.1 Å². The van der Waals surface area contributed by atoms with Crippen LogP contribution in [0.4, 0.5) is 13.2 Å². The molecule has 1 saturated carbocycles. The number of nitrogens with zero attached hydrogens (tertiary/aromatic N) is 1. The molecule has 7 heteroatoms. The van der Waals surface area contributed by atoms with Gasteiger partial charge in [0.2, 0.25) is 5.91 Å². The maximum atomic E-state index is 12.7. The van der Waals surface area contributed by atoms with Crippen LogP contribution >= 0.6 is 12.4 Å². The fourth-order valence-electron chi connectivity index (χ4n) is 2.75. The van der Waals surface area contributed by atoms with E-state index >= 15 is 0 Å². The van der Waals surface area contributed by atoms with Gasteiger partial charge in [-0.05, 0) is 37.0 Å². The molecule has 2 N–H and O–H groups in total. The Balaban J connectivity index is 0.00000242. The van der Waals surface area contributed by atoms with Crippen molar-refractivity contribution in [1.82, 2.24) is 4.90 Å². The zero-order valence-electron chi connectivity index (χ0n) is 12.3. The number of alkyl halides is 3. The first-order chi connectivity index (χ1) is 9.77. The van der Waals surface area contributed by atoms with Gasteiger partial charge in [0, 0.05) is 25.6 Å². The summed E-state index contributed by atoms with van der Waals surface area (Å²) in [7, 11) is 1.62. The Kier molecular flexibility index (Phi) is 6.26. The molecular formula is C15H20ClF3N2O. The zero-order valence-corrected chi connectivity index (χ0v) is 13.1. The molecule has 0 heterocycles. The second-order valence-corrected chi connectivity index (χ2v) is 5.66. The first-order valence-electron chi connectivity index (χ1n) is 6.94. The second kappa shape index (κ2) is 7.33. The number of benzene rings is 1. The summed E-state index contributed by atoms with van der Waals surface area (Å²) in [5, 5.41) is 0. The van der Waals surface area contributed by atoms with Crippen LogP contribution in [-0.2, 0) is 17.5 Å². The molecule has 22 heavy (non-hydrogen) atoms. The molecule has 3 nitrogen and oxygen atoms in total. The van der Waals surface area contributed by atoms with Crippen LogP contribution in [-0.4, -0.2) is 23.9 Å². The third-order valence-electron chi connectivity index (χ3n) is 3.87. The Bertz CT molecular complexity index is 522. The zero-order chi connectivity index (χ0) is 15.6. The summed E-state index contributed by atoms with van der Waals surface area (Å²) in [6, 6.07) is 5.13. The van der Waals surface area contributed by atoms with Gasteiger partial charge in [-0.2, -0.15) is 13.2 Å². The van der Waals surface area contributed by atoms with Crippen LogP contribution in [0.1, 0.15) is 30.4 Å². The number of hydrogen-bond acceptors (Lipinski definition) is 2. The lowest BCUT2D eigenvalue weighted by atomic mass is 10.1. The molecule has 1 aromatic rings. The van der Waals surface area contributed by atoms with Crippen molar-refractivity contribution in [3.05, 3.63) is 35.4 Å². The summed E-state index contributed by atoms with van der Waals surface area (Å²) in [6.45, 7) is 0.175. The van der Waals surface area contributed by atoms with E-state index < -0.39 is 11.7 Å². The van der Waals surface area contributed by atoms with Crippen molar-refractivity contribution in [2.45, 2.75) is 38.0 Å². The van der Waals surface area contributed by atoms with E-state index in [-0.39, 0.29) is 36.8 Å². The van der Waals surface area contributed by atoms with Crippen LogP contribution in [0.25, 0.3) is 0 Å². The molecule has 1 fully saturated rings. The van der Waals surface area contributed by atoms with Gasteiger partial charge in [0.1, 0.15) is 0 Å². The van der Waals surface area contributed by atoms with Gasteiger partial charge in [0.25, 0.3) is 0 Å². The predicted molar refractivity (Wildman–Crippen MR) is 80.5 cm³/mol. The van der Waals surface area contributed by atoms with E-state index in [0.717, 1.165) is 25.0 Å². The molecule has 124 valence electrons. The molecule has 2 unspecified atom stereocenters. The first kappa shape index (κ1) is 18.8. The normalized spacial score (nSPS) is 21.3. The maximum Gasteiger partial charge on any atom is 0.416 e. The summed E-state index contributed by atoms with van der Waals surface area (Å²) in [4.78, 5) is 13.7. The maximum absolute atomic E-state index is 12.7. The van der Waals surface area contributed by atoms with E-state index in [1.807, 2.05) is 0 Å². The van der Waals surface area contributed by atoms with Crippen molar-refractivity contribution >= 4 is 18.3 Å². The molecule has 0 saturated heterocycles. The molecule has 2 atom stereocenters. The van der Waals surface area contributed by atoms with Crippen LogP contribution < -0.4 is 5.73 Å². The summed E-state index contributed by atoms with van der Waals surface area (Å²) < 4.78 is 38.0. The van der Waals surface area contributed by atoms with Crippen LogP contribution in [0.15, 0.2) is 24.3 Å². The Morgan fingerprint density at radius 1 is 1.36 bits per heavy atom. The molecule has 1 aliphatic carbocycles. The number of carbonyl (C=O) groups excluding carboxylic acids is 1. The van der Waals surface area contributed by atoms with Crippen molar-refractivity contribution in [1.29, 1.82) is 0 Å². The lowest BCUT2D eigenvalue weighted by Gasteiger charge is -2.21. The number of halogens is 4. The number of hydrogen-bond donors (Lipinski definition) is 1. The fraction of sp³-hybridized carbons (Fsp3) is 0.533. The average molecular weight is 337 g/mol. The fourth-order valence-corrected chi connectivity index (χ4v) is 2.75. The van der Waals surface area contributed by atoms with Crippen molar-refractivity contribution in [2.24, 2.45) is 11.7 Å². The highest BCUT2D eigenvalue weighted by molar-refractivity contribution is 5.85. The van der Waals surface area contributed by atoms with E-state index in [2.05, 4.69) is 0 Å². The van der Waals surface area contributed by atoms with Crippen LogP contribution in [0.2, 0.25) is 0 Å². The van der Waals surface area contributed by atoms with Crippen LogP contribution in [0.3, 0.4) is 0 Å². The number of nitrogens with two attached hydrogens (primary N) is 1. The molecule has 0 aliphatic heterocycles. The van der Waals surface area contributed by atoms with Crippen molar-refractivity contribution in [3.63, 3.8) is 0 Å². The minimum atomic E-state index is -4.36. The molecule has 1 amide bonds. The van der Waals surface area contributed by atoms with Gasteiger partial charge in [-0.25, -0.2) is 0 Å². The smallest absolute Gasteiger partial charge is 0.341 e. The molecule has 2 rings (SSSR count). The van der Waals surface area contributed by atoms with Crippen molar-refractivity contribution in [2.75, 3.05) is 7.05 Å². The third kappa shape index (κ3) is 4.61. The van der Waals surface area contributed by atoms with Crippen molar-refractivity contribution < 1.29 is 18.0 Å². The summed E-state index contributed by atoms with van der Waals surface area (Å²) in [5.74, 6) is -0.142. The summed E-state index contributed by atoms with van der Waals surface area (Å²) in [6.07, 6.45) is -2.12. The van der Waals surface area contributed by atoms with E-state index in [0.29, 0.717) is 12.0 Å². The highest BCUT2D eigenvalue weighted by Crippen LogP contribution is 2.30. The van der Waals surface area contributed by atoms with Crippen LogP contribution in [0.5, 0.6) is 0 Å². The average Bonchev–Trinajstić information content (AvgIpc) is 2.84. The monoisotopic (exact) mass is 336 g/mol. The Morgan fingerprint density at radius 3 is 2.59 bits per heavy atom. The van der Waals surface area contributed by atoms with Gasteiger partial charge in [-0.15, -0.1) is 12.4 Å². The molecule has 0 aromatic heterocycles. The van der Waals surface area contributed by atoms with Crippen LogP contribution in [0, 0.1) is 5.92 Å². The highest BCUT2D eigenvalue weighted by atomic mass is 35.5. The largest absolute Gasteiger partial charge is 0.416 e. The predicted octanol–water partition coefficient (Wildman–Crippen LogP) is 3.21. The van der Waals surface area contributed by atoms with Gasteiger partial charge in [0.05, 0.1) is 5.56 Å².